The number of carbonyl (C=O) groups is 11. The highest BCUT2D eigenvalue weighted by Crippen LogP contribution is 2.16. The molecule has 24 nitrogen and oxygen atoms in total. The van der Waals surface area contributed by atoms with Crippen LogP contribution in [0.1, 0.15) is 149 Å². The largest absolute Gasteiger partial charge is 0.460 e. The Hall–Kier alpha value is -5.91. The van der Waals surface area contributed by atoms with E-state index in [-0.39, 0.29) is 6.61 Å². The first-order valence-corrected chi connectivity index (χ1v) is 22.9. The van der Waals surface area contributed by atoms with Gasteiger partial charge in [-0.15, -0.1) is 0 Å². The van der Waals surface area contributed by atoms with E-state index >= 15 is 0 Å². The number of carbonyl (C=O) groups excluding carboxylic acids is 11. The highest BCUT2D eigenvalue weighted by Gasteiger charge is 2.36. The van der Waals surface area contributed by atoms with Gasteiger partial charge in [0.15, 0.2) is 6.04 Å². The lowest BCUT2D eigenvalue weighted by molar-refractivity contribution is -0.162. The monoisotopic (exact) mass is 1000 g/mol. The second-order valence-corrected chi connectivity index (χ2v) is 21.5. The summed E-state index contributed by atoms with van der Waals surface area (Å²) >= 11 is 0. The fourth-order valence-electron chi connectivity index (χ4n) is 5.56. The summed E-state index contributed by atoms with van der Waals surface area (Å²) in [5, 5.41) is 14.3. The maximum atomic E-state index is 14.3. The molecule has 0 aliphatic carbocycles. The van der Waals surface area contributed by atoms with E-state index in [1.165, 1.54) is 6.92 Å². The molecule has 0 rings (SSSR count). The third kappa shape index (κ3) is 30.6. The number of esters is 4. The van der Waals surface area contributed by atoms with Crippen molar-refractivity contribution in [3.05, 3.63) is 0 Å². The summed E-state index contributed by atoms with van der Waals surface area (Å²) in [5.74, 6) is -10.2. The van der Waals surface area contributed by atoms with Crippen molar-refractivity contribution < 1.29 is 76.4 Å². The summed E-state index contributed by atoms with van der Waals surface area (Å²) in [7, 11) is 0. The van der Waals surface area contributed by atoms with E-state index < -0.39 is 175 Å². The SMILES string of the molecule is C[C@H](NC(=O)CNC(=O)[C@@H](N)CC(N)=O)C(=O)N[C@@H](CCC(=O)OC(C)(C)C)C(=O)N[C@@H](CC(=O)OC(C)(C)C)C(=O)N[C@@H](CCC(=O)OC(C)(C)C)C(=O)N[C@@H](COC(C)(C)C)C(=O)OC(C)(C)C. The van der Waals surface area contributed by atoms with Crippen LogP contribution in [0.4, 0.5) is 0 Å². The molecule has 400 valence electrons. The van der Waals surface area contributed by atoms with E-state index in [1.54, 1.807) is 104 Å². The predicted octanol–water partition coefficient (Wildman–Crippen LogP) is -0.118. The fraction of sp³-hybridized carbons (Fsp3) is 0.761. The topological polar surface area (TPSA) is 358 Å². The van der Waals surface area contributed by atoms with Crippen molar-refractivity contribution in [2.75, 3.05) is 13.2 Å². The summed E-state index contributed by atoms with van der Waals surface area (Å²) in [6.07, 6.45) is -3.08. The molecule has 70 heavy (non-hydrogen) atoms. The molecule has 0 aliphatic rings. The van der Waals surface area contributed by atoms with Gasteiger partial charge in [-0.2, -0.15) is 0 Å². The summed E-state index contributed by atoms with van der Waals surface area (Å²) in [5.41, 5.74) is 5.94. The molecule has 0 saturated heterocycles. The van der Waals surface area contributed by atoms with Gasteiger partial charge in [0, 0.05) is 12.8 Å². The highest BCUT2D eigenvalue weighted by molar-refractivity contribution is 5.98. The Kier molecular flexibility index (Phi) is 25.2. The van der Waals surface area contributed by atoms with Crippen LogP contribution in [0.15, 0.2) is 0 Å². The molecule has 0 fully saturated rings. The Bertz CT molecular complexity index is 1870. The smallest absolute Gasteiger partial charge is 0.331 e. The van der Waals surface area contributed by atoms with Gasteiger partial charge in [0.1, 0.15) is 46.6 Å². The Morgan fingerprint density at radius 1 is 0.457 bits per heavy atom. The van der Waals surface area contributed by atoms with Crippen LogP contribution in [-0.2, 0) is 76.4 Å². The van der Waals surface area contributed by atoms with Crippen LogP contribution in [0.25, 0.3) is 0 Å². The molecule has 0 aromatic heterocycles. The standard InChI is InChI=1S/C46H80N8O16/c1-25(50-32(56)23-49-37(61)26(47)21-31(48)55)36(60)51-27(17-19-33(57)67-43(5,6)7)38(62)53-29(22-35(59)69-45(11,12)13)40(64)52-28(18-20-34(58)68-44(8,9)10)39(63)54-30(24-66-42(2,3)4)41(65)70-46(14,15)16/h25-30H,17-24,47H2,1-16H3,(H2,48,55)(H,49,61)(H,50,56)(H,51,60)(H,52,64)(H,53,62)(H,54,63)/t25-,26-,27-,28-,29-,30-/m0/s1. The zero-order chi connectivity index (χ0) is 54.7. The molecule has 0 aromatic rings. The second-order valence-electron chi connectivity index (χ2n) is 21.5. The maximum Gasteiger partial charge on any atom is 0.331 e. The van der Waals surface area contributed by atoms with E-state index in [4.69, 9.17) is 35.2 Å². The first kappa shape index (κ1) is 64.1. The third-order valence-corrected chi connectivity index (χ3v) is 8.45. The van der Waals surface area contributed by atoms with Gasteiger partial charge in [-0.3, -0.25) is 47.9 Å². The molecule has 24 heteroatoms. The molecule has 10 N–H and O–H groups in total. The van der Waals surface area contributed by atoms with Crippen LogP contribution in [0.3, 0.4) is 0 Å². The Labute approximate surface area is 410 Å². The third-order valence-electron chi connectivity index (χ3n) is 8.45. The van der Waals surface area contributed by atoms with Gasteiger partial charge in [0.05, 0.1) is 37.6 Å². The minimum absolute atomic E-state index is 0.364. The van der Waals surface area contributed by atoms with Crippen LogP contribution >= 0.6 is 0 Å². The lowest BCUT2D eigenvalue weighted by Gasteiger charge is -2.29. The Morgan fingerprint density at radius 2 is 0.843 bits per heavy atom. The highest BCUT2D eigenvalue weighted by atomic mass is 16.6. The number of nitrogens with one attached hydrogen (secondary N) is 6. The molecule has 0 spiro atoms. The van der Waals surface area contributed by atoms with E-state index in [2.05, 4.69) is 31.9 Å². The maximum absolute atomic E-state index is 14.3. The first-order valence-electron chi connectivity index (χ1n) is 22.9. The van der Waals surface area contributed by atoms with Crippen molar-refractivity contribution in [2.24, 2.45) is 11.5 Å². The van der Waals surface area contributed by atoms with Gasteiger partial charge in [-0.25, -0.2) is 4.79 Å². The van der Waals surface area contributed by atoms with Gasteiger partial charge in [0.25, 0.3) is 0 Å². The zero-order valence-electron chi connectivity index (χ0n) is 43.8. The van der Waals surface area contributed by atoms with E-state index in [9.17, 15) is 52.7 Å². The average Bonchev–Trinajstić information content (AvgIpc) is 3.14. The number of ether oxygens (including phenoxy) is 5. The number of hydrogen-bond donors (Lipinski definition) is 8. The van der Waals surface area contributed by atoms with E-state index in [1.807, 2.05) is 0 Å². The summed E-state index contributed by atoms with van der Waals surface area (Å²) < 4.78 is 27.5. The Morgan fingerprint density at radius 3 is 1.26 bits per heavy atom. The van der Waals surface area contributed by atoms with Crippen LogP contribution in [0, 0.1) is 0 Å². The molecule has 0 unspecified atom stereocenters. The molecule has 0 saturated carbocycles. The minimum atomic E-state index is -1.85. The number of primary amides is 1. The molecule has 0 aliphatic heterocycles. The van der Waals surface area contributed by atoms with Gasteiger partial charge in [-0.05, 0) is 124 Å². The number of nitrogens with two attached hydrogens (primary N) is 2. The van der Waals surface area contributed by atoms with Crippen molar-refractivity contribution in [3.63, 3.8) is 0 Å². The van der Waals surface area contributed by atoms with Crippen LogP contribution < -0.4 is 43.4 Å². The van der Waals surface area contributed by atoms with E-state index in [0.717, 1.165) is 0 Å². The lowest BCUT2D eigenvalue weighted by atomic mass is 10.1. The normalized spacial score (nSPS) is 14.6. The van der Waals surface area contributed by atoms with Gasteiger partial charge in [0.2, 0.25) is 41.4 Å². The van der Waals surface area contributed by atoms with Crippen molar-refractivity contribution in [3.8, 4) is 0 Å². The lowest BCUT2D eigenvalue weighted by Crippen LogP contribution is -2.59. The van der Waals surface area contributed by atoms with Crippen molar-refractivity contribution in [2.45, 2.75) is 214 Å². The van der Waals surface area contributed by atoms with Crippen LogP contribution in [0.5, 0.6) is 0 Å². The quantitative estimate of drug-likeness (QED) is 0.0437. The number of hydrogen-bond acceptors (Lipinski definition) is 17. The van der Waals surface area contributed by atoms with Crippen molar-refractivity contribution >= 4 is 65.2 Å². The van der Waals surface area contributed by atoms with Crippen molar-refractivity contribution in [1.82, 2.24) is 31.9 Å². The number of amides is 7. The van der Waals surface area contributed by atoms with Crippen LogP contribution in [0.2, 0.25) is 0 Å². The van der Waals surface area contributed by atoms with Gasteiger partial charge >= 0.3 is 23.9 Å². The van der Waals surface area contributed by atoms with Gasteiger partial charge < -0.3 is 67.1 Å². The minimum Gasteiger partial charge on any atom is -0.460 e. The molecule has 7 amide bonds. The average molecular weight is 1000 g/mol. The molecule has 6 atom stereocenters. The first-order chi connectivity index (χ1) is 31.6. The summed E-state index contributed by atoms with van der Waals surface area (Å²) in [4.78, 5) is 144. The summed E-state index contributed by atoms with van der Waals surface area (Å²) in [6.45, 7) is 24.5. The Balaban J connectivity index is 7.03. The molecule has 0 bridgehead atoms. The zero-order valence-corrected chi connectivity index (χ0v) is 43.8. The fourth-order valence-corrected chi connectivity index (χ4v) is 5.56. The number of rotatable bonds is 25. The molecular weight excluding hydrogens is 921 g/mol. The van der Waals surface area contributed by atoms with Crippen molar-refractivity contribution in [1.29, 1.82) is 0 Å². The molecule has 0 aromatic carbocycles. The molecule has 0 heterocycles. The molecule has 0 radical (unpaired) electrons. The summed E-state index contributed by atoms with van der Waals surface area (Å²) in [6, 6.07) is -9.28. The second kappa shape index (κ2) is 27.5. The van der Waals surface area contributed by atoms with Crippen LogP contribution in [-0.4, -0.2) is 143 Å². The van der Waals surface area contributed by atoms with Gasteiger partial charge in [-0.1, -0.05) is 0 Å². The molecular formula is C46H80N8O16. The van der Waals surface area contributed by atoms with E-state index in [0.29, 0.717) is 0 Å². The predicted molar refractivity (Wildman–Crippen MR) is 252 cm³/mol.